The van der Waals surface area contributed by atoms with Crippen molar-refractivity contribution in [3.8, 4) is 5.75 Å². The molecule has 0 saturated heterocycles. The number of urea groups is 1. The van der Waals surface area contributed by atoms with Crippen LogP contribution in [0.15, 0.2) is 24.3 Å². The fourth-order valence-corrected chi connectivity index (χ4v) is 2.57. The Balaban J connectivity index is 2.84. The topological polar surface area (TPSA) is 75.7 Å². The molecule has 2 amide bonds. The van der Waals surface area contributed by atoms with Crippen molar-refractivity contribution in [3.05, 3.63) is 29.8 Å². The van der Waals surface area contributed by atoms with Crippen LogP contribution in [-0.2, 0) is 16.7 Å². The molecule has 0 saturated carbocycles. The fraction of sp³-hybridized carbons (Fsp3) is 0.611. The molecule has 1 rings (SSSR count). The molecular formula is C18H30N2O4S. The minimum absolute atomic E-state index is 0.107. The van der Waals surface area contributed by atoms with Gasteiger partial charge >= 0.3 is 16.1 Å². The molecule has 0 atom stereocenters. The van der Waals surface area contributed by atoms with E-state index in [1.54, 1.807) is 29.2 Å². The SMILES string of the molecule is CC(C)CCN(Cc1ccc(OS(C)(=O)=O)cc1)C(=O)NC(C)(C)C. The Labute approximate surface area is 151 Å². The maximum atomic E-state index is 12.5. The van der Waals surface area contributed by atoms with Crippen molar-refractivity contribution in [2.24, 2.45) is 5.92 Å². The summed E-state index contributed by atoms with van der Waals surface area (Å²) in [5.41, 5.74) is 0.606. The lowest BCUT2D eigenvalue weighted by Gasteiger charge is -2.29. The van der Waals surface area contributed by atoms with Crippen LogP contribution in [0.2, 0.25) is 0 Å². The molecule has 142 valence electrons. The Morgan fingerprint density at radius 1 is 1.20 bits per heavy atom. The van der Waals surface area contributed by atoms with Gasteiger partial charge in [-0.3, -0.25) is 0 Å². The van der Waals surface area contributed by atoms with Crippen molar-refractivity contribution in [2.45, 2.75) is 53.1 Å². The van der Waals surface area contributed by atoms with Gasteiger partial charge in [0.2, 0.25) is 0 Å². The quantitative estimate of drug-likeness (QED) is 0.747. The third-order valence-corrected chi connectivity index (χ3v) is 3.79. The van der Waals surface area contributed by atoms with E-state index in [9.17, 15) is 13.2 Å². The van der Waals surface area contributed by atoms with E-state index in [-0.39, 0.29) is 17.3 Å². The number of amides is 2. The van der Waals surface area contributed by atoms with Crippen LogP contribution in [0.3, 0.4) is 0 Å². The third kappa shape index (κ3) is 9.34. The smallest absolute Gasteiger partial charge is 0.318 e. The zero-order valence-corrected chi connectivity index (χ0v) is 16.8. The van der Waals surface area contributed by atoms with E-state index in [4.69, 9.17) is 4.18 Å². The van der Waals surface area contributed by atoms with Crippen molar-refractivity contribution < 1.29 is 17.4 Å². The molecule has 0 aliphatic rings. The van der Waals surface area contributed by atoms with E-state index in [1.165, 1.54) is 0 Å². The fourth-order valence-electron chi connectivity index (χ4n) is 2.11. The van der Waals surface area contributed by atoms with Crippen LogP contribution in [0.5, 0.6) is 5.75 Å². The van der Waals surface area contributed by atoms with Gasteiger partial charge in [0, 0.05) is 18.6 Å². The van der Waals surface area contributed by atoms with Crippen LogP contribution in [0.25, 0.3) is 0 Å². The average Bonchev–Trinajstić information content (AvgIpc) is 2.41. The zero-order chi connectivity index (χ0) is 19.3. The summed E-state index contributed by atoms with van der Waals surface area (Å²) in [4.78, 5) is 14.3. The molecule has 7 heteroatoms. The van der Waals surface area contributed by atoms with Crippen LogP contribution in [0.4, 0.5) is 4.79 Å². The number of nitrogens with one attached hydrogen (secondary N) is 1. The highest BCUT2D eigenvalue weighted by molar-refractivity contribution is 7.86. The van der Waals surface area contributed by atoms with Crippen molar-refractivity contribution >= 4 is 16.1 Å². The first-order valence-corrected chi connectivity index (χ1v) is 10.2. The molecule has 1 N–H and O–H groups in total. The van der Waals surface area contributed by atoms with Gasteiger partial charge in [0.15, 0.2) is 0 Å². The summed E-state index contributed by atoms with van der Waals surface area (Å²) >= 11 is 0. The predicted octanol–water partition coefficient (Wildman–Crippen LogP) is 3.38. The Hall–Kier alpha value is -1.76. The lowest BCUT2D eigenvalue weighted by Crippen LogP contribution is -2.48. The molecule has 0 radical (unpaired) electrons. The van der Waals surface area contributed by atoms with Crippen LogP contribution in [0.1, 0.15) is 46.6 Å². The molecule has 0 aliphatic carbocycles. The van der Waals surface area contributed by atoms with Crippen molar-refractivity contribution in [1.82, 2.24) is 10.2 Å². The van der Waals surface area contributed by atoms with Gasteiger partial charge in [0.05, 0.1) is 6.26 Å². The summed E-state index contributed by atoms with van der Waals surface area (Å²) in [6, 6.07) is 6.63. The van der Waals surface area contributed by atoms with E-state index in [2.05, 4.69) is 19.2 Å². The second-order valence-electron chi connectivity index (χ2n) is 7.72. The second kappa shape index (κ2) is 8.56. The minimum Gasteiger partial charge on any atom is -0.383 e. The van der Waals surface area contributed by atoms with Gasteiger partial charge in [-0.05, 0) is 50.8 Å². The number of carbonyl (C=O) groups excluding carboxylic acids is 1. The highest BCUT2D eigenvalue weighted by atomic mass is 32.2. The predicted molar refractivity (Wildman–Crippen MR) is 100 cm³/mol. The van der Waals surface area contributed by atoms with Gasteiger partial charge in [0.25, 0.3) is 0 Å². The standard InChI is InChI=1S/C18H30N2O4S/c1-14(2)11-12-20(17(21)19-18(3,4)5)13-15-7-9-16(10-8-15)24-25(6,22)23/h7-10,14H,11-13H2,1-6H3,(H,19,21). The normalized spacial score (nSPS) is 12.1. The minimum atomic E-state index is -3.54. The molecule has 0 bridgehead atoms. The molecule has 0 spiro atoms. The second-order valence-corrected chi connectivity index (χ2v) is 9.29. The first-order chi connectivity index (χ1) is 11.4. The van der Waals surface area contributed by atoms with Crippen LogP contribution >= 0.6 is 0 Å². The highest BCUT2D eigenvalue weighted by Gasteiger charge is 2.20. The summed E-state index contributed by atoms with van der Waals surface area (Å²) in [7, 11) is -3.54. The number of hydrogen-bond donors (Lipinski definition) is 1. The van der Waals surface area contributed by atoms with Crippen LogP contribution in [-0.4, -0.2) is 37.7 Å². The molecule has 25 heavy (non-hydrogen) atoms. The zero-order valence-electron chi connectivity index (χ0n) is 16.0. The number of benzene rings is 1. The Bertz CT molecular complexity index is 661. The Kier molecular flexibility index (Phi) is 7.29. The van der Waals surface area contributed by atoms with Crippen molar-refractivity contribution in [2.75, 3.05) is 12.8 Å². The summed E-state index contributed by atoms with van der Waals surface area (Å²) in [6.07, 6.45) is 1.91. The molecular weight excluding hydrogens is 340 g/mol. The van der Waals surface area contributed by atoms with Gasteiger partial charge in [-0.25, -0.2) is 4.79 Å². The van der Waals surface area contributed by atoms with Gasteiger partial charge < -0.3 is 14.4 Å². The summed E-state index contributed by atoms with van der Waals surface area (Å²) in [5, 5.41) is 2.99. The van der Waals surface area contributed by atoms with Crippen molar-refractivity contribution in [1.29, 1.82) is 0 Å². The number of nitrogens with zero attached hydrogens (tertiary/aromatic N) is 1. The van der Waals surface area contributed by atoms with Gasteiger partial charge in [-0.1, -0.05) is 26.0 Å². The van der Waals surface area contributed by atoms with Crippen LogP contribution in [0, 0.1) is 5.92 Å². The van der Waals surface area contributed by atoms with Gasteiger partial charge in [-0.15, -0.1) is 0 Å². The number of hydrogen-bond acceptors (Lipinski definition) is 4. The maximum absolute atomic E-state index is 12.5. The van der Waals surface area contributed by atoms with Gasteiger partial charge in [-0.2, -0.15) is 8.42 Å². The van der Waals surface area contributed by atoms with E-state index in [0.717, 1.165) is 18.2 Å². The Morgan fingerprint density at radius 2 is 1.76 bits per heavy atom. The molecule has 0 aromatic heterocycles. The molecule has 0 fully saturated rings. The molecule has 0 heterocycles. The monoisotopic (exact) mass is 370 g/mol. The number of rotatable bonds is 7. The summed E-state index contributed by atoms with van der Waals surface area (Å²) in [6.45, 7) is 11.2. The largest absolute Gasteiger partial charge is 0.383 e. The molecule has 0 unspecified atom stereocenters. The highest BCUT2D eigenvalue weighted by Crippen LogP contribution is 2.16. The summed E-state index contributed by atoms with van der Waals surface area (Å²) < 4.78 is 27.1. The molecule has 0 aliphatic heterocycles. The lowest BCUT2D eigenvalue weighted by atomic mass is 10.1. The van der Waals surface area contributed by atoms with E-state index >= 15 is 0 Å². The average molecular weight is 371 g/mol. The van der Waals surface area contributed by atoms with E-state index in [1.807, 2.05) is 20.8 Å². The van der Waals surface area contributed by atoms with E-state index in [0.29, 0.717) is 19.0 Å². The van der Waals surface area contributed by atoms with Crippen LogP contribution < -0.4 is 9.50 Å². The first kappa shape index (κ1) is 21.3. The first-order valence-electron chi connectivity index (χ1n) is 8.41. The van der Waals surface area contributed by atoms with Crippen molar-refractivity contribution in [3.63, 3.8) is 0 Å². The van der Waals surface area contributed by atoms with E-state index < -0.39 is 10.1 Å². The maximum Gasteiger partial charge on any atom is 0.318 e. The third-order valence-electron chi connectivity index (χ3n) is 3.29. The number of carbonyl (C=O) groups is 1. The lowest BCUT2D eigenvalue weighted by molar-refractivity contribution is 0.183. The molecule has 1 aromatic carbocycles. The molecule has 1 aromatic rings. The Morgan fingerprint density at radius 3 is 2.20 bits per heavy atom. The van der Waals surface area contributed by atoms with Gasteiger partial charge in [0.1, 0.15) is 5.75 Å². The summed E-state index contributed by atoms with van der Waals surface area (Å²) in [5.74, 6) is 0.759. The molecule has 6 nitrogen and oxygen atoms in total.